The molecule has 1 aliphatic rings. The first-order chi connectivity index (χ1) is 15.0. The van der Waals surface area contributed by atoms with Crippen LogP contribution >= 0.6 is 35.3 Å². The van der Waals surface area contributed by atoms with E-state index in [0.717, 1.165) is 35.7 Å². The van der Waals surface area contributed by atoms with E-state index in [1.165, 1.54) is 37.1 Å². The monoisotopic (exact) mass is 571 g/mol. The number of halogens is 1. The quantitative estimate of drug-likeness (QED) is 0.278. The highest BCUT2D eigenvalue weighted by atomic mass is 127. The van der Waals surface area contributed by atoms with Crippen LogP contribution in [0.5, 0.6) is 0 Å². The average molecular weight is 572 g/mol. The molecule has 8 heteroatoms. The van der Waals surface area contributed by atoms with Crippen LogP contribution in [0.3, 0.4) is 0 Å². The predicted octanol–water partition coefficient (Wildman–Crippen LogP) is 4.91. The number of ether oxygens (including phenoxy) is 1. The molecule has 2 aromatic rings. The minimum atomic E-state index is 0. The maximum absolute atomic E-state index is 5.37. The molecular weight excluding hydrogens is 533 g/mol. The third kappa shape index (κ3) is 7.97. The molecule has 1 aromatic heterocycles. The summed E-state index contributed by atoms with van der Waals surface area (Å²) in [5, 5.41) is 6.60. The van der Waals surface area contributed by atoms with Gasteiger partial charge in [0.15, 0.2) is 5.96 Å². The number of guanidine groups is 1. The smallest absolute Gasteiger partial charge is 0.194 e. The molecule has 1 fully saturated rings. The first kappa shape index (κ1) is 27.0. The van der Waals surface area contributed by atoms with Crippen molar-refractivity contribution in [3.05, 3.63) is 51.5 Å². The number of nitrogens with zero attached hydrogens (tertiary/aromatic N) is 4. The first-order valence-electron chi connectivity index (χ1n) is 11.2. The molecule has 1 N–H and O–H groups in total. The van der Waals surface area contributed by atoms with Gasteiger partial charge in [-0.2, -0.15) is 0 Å². The molecule has 3 rings (SSSR count). The molecule has 0 aliphatic carbocycles. The zero-order chi connectivity index (χ0) is 22.2. The number of rotatable bonds is 8. The highest BCUT2D eigenvalue weighted by Crippen LogP contribution is 2.21. The van der Waals surface area contributed by atoms with Gasteiger partial charge in [-0.05, 0) is 49.9 Å². The van der Waals surface area contributed by atoms with Gasteiger partial charge in [0.05, 0.1) is 12.2 Å². The van der Waals surface area contributed by atoms with E-state index < -0.39 is 0 Å². The zero-order valence-corrected chi connectivity index (χ0v) is 23.2. The topological polar surface area (TPSA) is 53.0 Å². The lowest BCUT2D eigenvalue weighted by molar-refractivity contribution is 0.119. The predicted molar refractivity (Wildman–Crippen MR) is 145 cm³/mol. The molecular formula is C24H38IN5OS. The van der Waals surface area contributed by atoms with Gasteiger partial charge in [0.25, 0.3) is 0 Å². The van der Waals surface area contributed by atoms with Gasteiger partial charge in [0.1, 0.15) is 11.1 Å². The number of aromatic nitrogens is 1. The number of hydrogen-bond donors (Lipinski definition) is 1. The molecule has 0 amide bonds. The Morgan fingerprint density at radius 3 is 2.75 bits per heavy atom. The van der Waals surface area contributed by atoms with Crippen LogP contribution in [0.4, 0.5) is 0 Å². The Morgan fingerprint density at radius 1 is 1.34 bits per heavy atom. The van der Waals surface area contributed by atoms with E-state index in [1.807, 2.05) is 21.0 Å². The van der Waals surface area contributed by atoms with Gasteiger partial charge in [-0.1, -0.05) is 31.2 Å². The summed E-state index contributed by atoms with van der Waals surface area (Å²) in [6.07, 6.45) is 2.66. The molecule has 32 heavy (non-hydrogen) atoms. The van der Waals surface area contributed by atoms with Crippen molar-refractivity contribution in [1.29, 1.82) is 0 Å². The highest BCUT2D eigenvalue weighted by molar-refractivity contribution is 14.0. The number of likely N-dealkylation sites (tertiary alicyclic amines) is 1. The number of thiazole rings is 1. The van der Waals surface area contributed by atoms with Gasteiger partial charge in [-0.3, -0.25) is 9.89 Å². The van der Waals surface area contributed by atoms with Crippen molar-refractivity contribution in [2.24, 2.45) is 10.9 Å². The van der Waals surface area contributed by atoms with Crippen LogP contribution in [-0.2, 0) is 24.4 Å². The third-order valence-electron chi connectivity index (χ3n) is 5.97. The normalized spacial score (nSPS) is 16.5. The Kier molecular flexibility index (Phi) is 11.4. The molecule has 178 valence electrons. The summed E-state index contributed by atoms with van der Waals surface area (Å²) in [4.78, 5) is 13.8. The number of aliphatic imine (C=N–C) groups is 1. The van der Waals surface area contributed by atoms with Crippen molar-refractivity contribution in [2.75, 3.05) is 34.3 Å². The summed E-state index contributed by atoms with van der Waals surface area (Å²) in [6.45, 7) is 9.31. The van der Waals surface area contributed by atoms with Gasteiger partial charge in [-0.25, -0.2) is 4.98 Å². The maximum atomic E-state index is 5.37. The fourth-order valence-corrected chi connectivity index (χ4v) is 4.72. The summed E-state index contributed by atoms with van der Waals surface area (Å²) in [5.41, 5.74) is 3.70. The zero-order valence-electron chi connectivity index (χ0n) is 20.0. The Labute approximate surface area is 214 Å². The molecule has 0 radical (unpaired) electrons. The standard InChI is InChI=1S/C24H37N5OS.HI/c1-18-9-11-29(12-10-18)15-21-8-6-7-20(13-21)14-26-24(25-3)28(4)16-22-17-31-23(27-22)19(2)30-5;/h6-8,13,17-19H,9-12,14-16H2,1-5H3,(H,25,26);1H. The van der Waals surface area contributed by atoms with Gasteiger partial charge >= 0.3 is 0 Å². The van der Waals surface area contributed by atoms with Crippen LogP contribution in [0.1, 0.15) is 54.6 Å². The van der Waals surface area contributed by atoms with Gasteiger partial charge in [-0.15, -0.1) is 35.3 Å². The van der Waals surface area contributed by atoms with Gasteiger partial charge in [0.2, 0.25) is 0 Å². The van der Waals surface area contributed by atoms with E-state index in [0.29, 0.717) is 6.54 Å². The van der Waals surface area contributed by atoms with E-state index in [4.69, 9.17) is 9.72 Å². The van der Waals surface area contributed by atoms with E-state index in [9.17, 15) is 0 Å². The maximum Gasteiger partial charge on any atom is 0.194 e. The lowest BCUT2D eigenvalue weighted by atomic mass is 9.98. The molecule has 1 saturated heterocycles. The van der Waals surface area contributed by atoms with Gasteiger partial charge < -0.3 is 15.0 Å². The van der Waals surface area contributed by atoms with Crippen molar-refractivity contribution in [3.8, 4) is 0 Å². The van der Waals surface area contributed by atoms with Crippen LogP contribution in [0.2, 0.25) is 0 Å². The van der Waals surface area contributed by atoms with Gasteiger partial charge in [0, 0.05) is 39.7 Å². The number of methoxy groups -OCH3 is 1. The van der Waals surface area contributed by atoms with Crippen molar-refractivity contribution in [3.63, 3.8) is 0 Å². The minimum Gasteiger partial charge on any atom is -0.375 e. The molecule has 2 heterocycles. The van der Waals surface area contributed by atoms with Crippen LogP contribution in [0.15, 0.2) is 34.6 Å². The second-order valence-corrected chi connectivity index (χ2v) is 9.48. The lowest BCUT2D eigenvalue weighted by Gasteiger charge is -2.30. The Hall–Kier alpha value is -1.23. The lowest BCUT2D eigenvalue weighted by Crippen LogP contribution is -2.38. The Morgan fingerprint density at radius 2 is 2.06 bits per heavy atom. The van der Waals surface area contributed by atoms with E-state index >= 15 is 0 Å². The van der Waals surface area contributed by atoms with Crippen molar-refractivity contribution in [1.82, 2.24) is 20.1 Å². The third-order valence-corrected chi connectivity index (χ3v) is 7.02. The average Bonchev–Trinajstić information content (AvgIpc) is 3.24. The molecule has 0 spiro atoms. The fraction of sp³-hybridized carbons (Fsp3) is 0.583. The van der Waals surface area contributed by atoms with Crippen molar-refractivity contribution >= 4 is 41.3 Å². The van der Waals surface area contributed by atoms with E-state index in [-0.39, 0.29) is 30.1 Å². The minimum absolute atomic E-state index is 0. The SMILES string of the molecule is CN=C(NCc1cccc(CN2CCC(C)CC2)c1)N(C)Cc1csc(C(C)OC)n1.I. The number of piperidine rings is 1. The summed E-state index contributed by atoms with van der Waals surface area (Å²) in [5.74, 6) is 1.74. The van der Waals surface area contributed by atoms with Crippen LogP contribution in [0, 0.1) is 5.92 Å². The number of nitrogens with one attached hydrogen (secondary N) is 1. The molecule has 1 atom stereocenters. The number of hydrogen-bond acceptors (Lipinski definition) is 5. The summed E-state index contributed by atoms with van der Waals surface area (Å²) in [7, 11) is 5.58. The van der Waals surface area contributed by atoms with Crippen molar-refractivity contribution < 1.29 is 4.74 Å². The second-order valence-electron chi connectivity index (χ2n) is 8.59. The van der Waals surface area contributed by atoms with Crippen LogP contribution in [0.25, 0.3) is 0 Å². The fourth-order valence-electron chi connectivity index (χ4n) is 3.88. The molecule has 0 saturated carbocycles. The molecule has 1 unspecified atom stereocenters. The summed E-state index contributed by atoms with van der Waals surface area (Å²) in [6, 6.07) is 8.90. The molecule has 6 nitrogen and oxygen atoms in total. The van der Waals surface area contributed by atoms with E-state index in [2.05, 4.69) is 56.7 Å². The summed E-state index contributed by atoms with van der Waals surface area (Å²) >= 11 is 1.64. The van der Waals surface area contributed by atoms with E-state index in [1.54, 1.807) is 18.4 Å². The highest BCUT2D eigenvalue weighted by Gasteiger charge is 2.16. The van der Waals surface area contributed by atoms with Crippen LogP contribution < -0.4 is 5.32 Å². The first-order valence-corrected chi connectivity index (χ1v) is 12.1. The molecule has 0 bridgehead atoms. The Bertz CT molecular complexity index is 850. The second kappa shape index (κ2) is 13.5. The largest absolute Gasteiger partial charge is 0.375 e. The number of benzene rings is 1. The van der Waals surface area contributed by atoms with Crippen molar-refractivity contribution in [2.45, 2.75) is 52.4 Å². The van der Waals surface area contributed by atoms with Crippen LogP contribution in [-0.4, -0.2) is 55.0 Å². The molecule has 1 aromatic carbocycles. The summed E-state index contributed by atoms with van der Waals surface area (Å²) < 4.78 is 5.37. The Balaban J connectivity index is 0.00000363. The molecule has 1 aliphatic heterocycles.